The molecule has 17 heavy (non-hydrogen) atoms. The highest BCUT2D eigenvalue weighted by molar-refractivity contribution is 5.46. The van der Waals surface area contributed by atoms with Gasteiger partial charge >= 0.3 is 0 Å². The van der Waals surface area contributed by atoms with Gasteiger partial charge in [0.2, 0.25) is 6.08 Å². The van der Waals surface area contributed by atoms with Crippen molar-refractivity contribution in [2.24, 2.45) is 4.99 Å². The lowest BCUT2D eigenvalue weighted by molar-refractivity contribution is 0.240. The van der Waals surface area contributed by atoms with E-state index in [9.17, 15) is 4.79 Å². The van der Waals surface area contributed by atoms with E-state index in [4.69, 9.17) is 4.74 Å². The first-order valence-corrected chi connectivity index (χ1v) is 6.05. The summed E-state index contributed by atoms with van der Waals surface area (Å²) in [7, 11) is 0. The second-order valence-electron chi connectivity index (χ2n) is 4.52. The van der Waals surface area contributed by atoms with Crippen LogP contribution in [0.25, 0.3) is 0 Å². The summed E-state index contributed by atoms with van der Waals surface area (Å²) in [6.45, 7) is 4.62. The van der Waals surface area contributed by atoms with Crippen molar-refractivity contribution in [1.29, 1.82) is 0 Å². The van der Waals surface area contributed by atoms with E-state index < -0.39 is 0 Å². The van der Waals surface area contributed by atoms with E-state index in [1.54, 1.807) is 6.08 Å². The average molecular weight is 231 g/mol. The van der Waals surface area contributed by atoms with Gasteiger partial charge in [-0.2, -0.15) is 4.99 Å². The van der Waals surface area contributed by atoms with Crippen LogP contribution in [0.2, 0.25) is 0 Å². The minimum Gasteiger partial charge on any atom is -0.494 e. The summed E-state index contributed by atoms with van der Waals surface area (Å²) in [6.07, 6.45) is 4.64. The smallest absolute Gasteiger partial charge is 0.235 e. The number of aliphatic imine (C=N–C) groups is 1. The van der Waals surface area contributed by atoms with Crippen LogP contribution in [-0.2, 0) is 10.3 Å². The van der Waals surface area contributed by atoms with E-state index >= 15 is 0 Å². The summed E-state index contributed by atoms with van der Waals surface area (Å²) in [5.74, 6) is 0.844. The molecule has 1 saturated carbocycles. The quantitative estimate of drug-likeness (QED) is 0.590. The topological polar surface area (TPSA) is 38.7 Å². The molecule has 0 aliphatic heterocycles. The van der Waals surface area contributed by atoms with Crippen molar-refractivity contribution in [3.05, 3.63) is 29.3 Å². The molecule has 1 aliphatic rings. The second kappa shape index (κ2) is 4.72. The first kappa shape index (κ1) is 11.9. The lowest BCUT2D eigenvalue weighted by Crippen LogP contribution is -2.32. The predicted molar refractivity (Wildman–Crippen MR) is 66.0 cm³/mol. The first-order chi connectivity index (χ1) is 8.22. The third-order valence-corrected chi connectivity index (χ3v) is 3.38. The fourth-order valence-corrected chi connectivity index (χ4v) is 2.33. The number of isocyanates is 1. The predicted octanol–water partition coefficient (Wildman–Crippen LogP) is 3.11. The van der Waals surface area contributed by atoms with Crippen molar-refractivity contribution in [2.45, 2.75) is 38.6 Å². The van der Waals surface area contributed by atoms with Gasteiger partial charge in [-0.25, -0.2) is 4.79 Å². The van der Waals surface area contributed by atoms with Crippen molar-refractivity contribution in [2.75, 3.05) is 6.61 Å². The minimum atomic E-state index is -0.377. The third kappa shape index (κ3) is 2.11. The zero-order valence-corrected chi connectivity index (χ0v) is 10.3. The standard InChI is InChI=1S/C14H17NO2/c1-3-17-13-6-5-11(2)9-12(13)14(15-10-16)7-4-8-14/h5-6,9H,3-4,7-8H2,1-2H3. The van der Waals surface area contributed by atoms with E-state index in [0.29, 0.717) is 6.61 Å². The van der Waals surface area contributed by atoms with E-state index in [-0.39, 0.29) is 5.54 Å². The lowest BCUT2D eigenvalue weighted by Gasteiger charge is -2.38. The minimum absolute atomic E-state index is 0.377. The van der Waals surface area contributed by atoms with Crippen LogP contribution in [0, 0.1) is 6.92 Å². The Morgan fingerprint density at radius 2 is 2.24 bits per heavy atom. The molecule has 0 unspecified atom stereocenters. The monoisotopic (exact) mass is 231 g/mol. The summed E-state index contributed by atoms with van der Waals surface area (Å²) in [6, 6.07) is 6.06. The molecule has 0 atom stereocenters. The molecule has 0 saturated heterocycles. The number of aryl methyl sites for hydroxylation is 1. The molecule has 0 radical (unpaired) electrons. The molecule has 1 aromatic rings. The maximum absolute atomic E-state index is 10.6. The molecule has 0 N–H and O–H groups in total. The number of nitrogens with zero attached hydrogens (tertiary/aromatic N) is 1. The average Bonchev–Trinajstić information content (AvgIpc) is 2.26. The Kier molecular flexibility index (Phi) is 3.30. The fourth-order valence-electron chi connectivity index (χ4n) is 2.33. The van der Waals surface area contributed by atoms with Crippen molar-refractivity contribution >= 4 is 6.08 Å². The Labute approximate surface area is 102 Å². The molecule has 0 bridgehead atoms. The molecule has 0 heterocycles. The molecule has 3 heteroatoms. The molecule has 1 fully saturated rings. The Hall–Kier alpha value is -1.60. The highest BCUT2D eigenvalue weighted by atomic mass is 16.5. The van der Waals surface area contributed by atoms with Gasteiger partial charge in [0.1, 0.15) is 11.3 Å². The Morgan fingerprint density at radius 1 is 1.47 bits per heavy atom. The van der Waals surface area contributed by atoms with Crippen LogP contribution in [0.3, 0.4) is 0 Å². The van der Waals surface area contributed by atoms with Crippen LogP contribution < -0.4 is 4.74 Å². The van der Waals surface area contributed by atoms with Crippen LogP contribution >= 0.6 is 0 Å². The number of carbonyl (C=O) groups excluding carboxylic acids is 1. The highest BCUT2D eigenvalue weighted by Gasteiger charge is 2.41. The van der Waals surface area contributed by atoms with Gasteiger partial charge in [0.05, 0.1) is 6.61 Å². The molecule has 0 amide bonds. The summed E-state index contributed by atoms with van der Waals surface area (Å²) in [4.78, 5) is 14.6. The second-order valence-corrected chi connectivity index (χ2v) is 4.52. The largest absolute Gasteiger partial charge is 0.494 e. The zero-order chi connectivity index (χ0) is 12.3. The lowest BCUT2D eigenvalue weighted by atomic mass is 9.72. The molecule has 2 rings (SSSR count). The Balaban J connectivity index is 2.47. The van der Waals surface area contributed by atoms with Crippen LogP contribution in [0.15, 0.2) is 23.2 Å². The van der Waals surface area contributed by atoms with Crippen molar-refractivity contribution in [1.82, 2.24) is 0 Å². The van der Waals surface area contributed by atoms with Crippen molar-refractivity contribution < 1.29 is 9.53 Å². The molecule has 1 aliphatic carbocycles. The number of hydrogen-bond donors (Lipinski definition) is 0. The molecule has 1 aromatic carbocycles. The van der Waals surface area contributed by atoms with Gasteiger partial charge in [-0.3, -0.25) is 0 Å². The summed E-state index contributed by atoms with van der Waals surface area (Å²) in [5.41, 5.74) is 1.82. The number of ether oxygens (including phenoxy) is 1. The van der Waals surface area contributed by atoms with Crippen molar-refractivity contribution in [3.63, 3.8) is 0 Å². The molecular weight excluding hydrogens is 214 g/mol. The van der Waals surface area contributed by atoms with E-state index in [0.717, 1.165) is 36.1 Å². The highest BCUT2D eigenvalue weighted by Crippen LogP contribution is 2.48. The van der Waals surface area contributed by atoms with Crippen LogP contribution in [0.4, 0.5) is 0 Å². The van der Waals surface area contributed by atoms with Crippen LogP contribution in [-0.4, -0.2) is 12.7 Å². The van der Waals surface area contributed by atoms with Crippen molar-refractivity contribution in [3.8, 4) is 5.75 Å². The van der Waals surface area contributed by atoms with Gasteiger partial charge in [-0.15, -0.1) is 0 Å². The van der Waals surface area contributed by atoms with Gasteiger partial charge in [0.25, 0.3) is 0 Å². The van der Waals surface area contributed by atoms with Gasteiger partial charge in [-0.1, -0.05) is 11.6 Å². The molecule has 0 aromatic heterocycles. The van der Waals surface area contributed by atoms with Gasteiger partial charge in [0.15, 0.2) is 0 Å². The molecule has 90 valence electrons. The third-order valence-electron chi connectivity index (χ3n) is 3.38. The van der Waals surface area contributed by atoms with Gasteiger partial charge < -0.3 is 4.74 Å². The Morgan fingerprint density at radius 3 is 2.76 bits per heavy atom. The van der Waals surface area contributed by atoms with Gasteiger partial charge in [0, 0.05) is 5.56 Å². The maximum Gasteiger partial charge on any atom is 0.235 e. The maximum atomic E-state index is 10.6. The summed E-state index contributed by atoms with van der Waals surface area (Å²) in [5, 5.41) is 0. The number of hydrogen-bond acceptors (Lipinski definition) is 3. The van der Waals surface area contributed by atoms with E-state index in [1.165, 1.54) is 0 Å². The molecular formula is C14H17NO2. The molecule has 0 spiro atoms. The SMILES string of the molecule is CCOc1ccc(C)cc1C1(N=C=O)CCC1. The number of benzene rings is 1. The number of rotatable bonds is 4. The summed E-state index contributed by atoms with van der Waals surface area (Å²) < 4.78 is 5.63. The Bertz CT molecular complexity index is 457. The van der Waals surface area contributed by atoms with E-state index in [2.05, 4.69) is 11.1 Å². The van der Waals surface area contributed by atoms with Gasteiger partial charge in [-0.05, 0) is 45.2 Å². The zero-order valence-electron chi connectivity index (χ0n) is 10.3. The van der Waals surface area contributed by atoms with Crippen LogP contribution in [0.1, 0.15) is 37.3 Å². The normalized spacial score (nSPS) is 16.8. The summed E-state index contributed by atoms with van der Waals surface area (Å²) >= 11 is 0. The van der Waals surface area contributed by atoms with Crippen LogP contribution in [0.5, 0.6) is 5.75 Å². The molecule has 3 nitrogen and oxygen atoms in total. The van der Waals surface area contributed by atoms with E-state index in [1.807, 2.05) is 26.0 Å². The fraction of sp³-hybridized carbons (Fsp3) is 0.500. The first-order valence-electron chi connectivity index (χ1n) is 6.05.